The summed E-state index contributed by atoms with van der Waals surface area (Å²) in [5.41, 5.74) is 7.50. The number of rotatable bonds is 4. The van der Waals surface area contributed by atoms with Gasteiger partial charge in [0.25, 0.3) is 11.8 Å². The fourth-order valence-electron chi connectivity index (χ4n) is 2.85. The molecule has 6 heteroatoms. The molecule has 0 saturated carbocycles. The van der Waals surface area contributed by atoms with E-state index in [9.17, 15) is 9.59 Å². The topological polar surface area (TPSA) is 81.4 Å². The summed E-state index contributed by atoms with van der Waals surface area (Å²) in [4.78, 5) is 25.4. The van der Waals surface area contributed by atoms with E-state index in [1.165, 1.54) is 11.3 Å². The maximum absolute atomic E-state index is 12.5. The van der Waals surface area contributed by atoms with Crippen LogP contribution in [0.3, 0.4) is 0 Å². The van der Waals surface area contributed by atoms with Crippen LogP contribution < -0.4 is 15.8 Å². The van der Waals surface area contributed by atoms with E-state index in [0.717, 1.165) is 36.1 Å². The molecule has 0 saturated heterocycles. The van der Waals surface area contributed by atoms with Crippen LogP contribution in [0.1, 0.15) is 44.0 Å². The van der Waals surface area contributed by atoms with Crippen LogP contribution in [0.15, 0.2) is 24.3 Å². The van der Waals surface area contributed by atoms with Crippen molar-refractivity contribution in [2.75, 3.05) is 12.4 Å². The maximum Gasteiger partial charge on any atom is 0.256 e. The summed E-state index contributed by atoms with van der Waals surface area (Å²) in [5.74, 6) is -0.145. The third kappa shape index (κ3) is 3.07. The molecule has 0 radical (unpaired) electrons. The quantitative estimate of drug-likeness (QED) is 0.904. The summed E-state index contributed by atoms with van der Waals surface area (Å²) in [5, 5.41) is 3.39. The first-order valence-electron chi connectivity index (χ1n) is 7.50. The molecule has 120 valence electrons. The lowest BCUT2D eigenvalue weighted by molar-refractivity contribution is 0.100. The van der Waals surface area contributed by atoms with Crippen LogP contribution in [-0.4, -0.2) is 18.9 Å². The van der Waals surface area contributed by atoms with Gasteiger partial charge in [-0.05, 0) is 49.4 Å². The van der Waals surface area contributed by atoms with Gasteiger partial charge >= 0.3 is 0 Å². The fraction of sp³-hybridized carbons (Fsp3) is 0.294. The molecule has 0 bridgehead atoms. The van der Waals surface area contributed by atoms with Crippen molar-refractivity contribution in [1.82, 2.24) is 0 Å². The van der Waals surface area contributed by atoms with Crippen LogP contribution in [0.4, 0.5) is 5.00 Å². The molecule has 23 heavy (non-hydrogen) atoms. The number of anilines is 1. The van der Waals surface area contributed by atoms with Crippen molar-refractivity contribution in [2.24, 2.45) is 5.73 Å². The highest BCUT2D eigenvalue weighted by atomic mass is 32.1. The Morgan fingerprint density at radius 2 is 2.04 bits per heavy atom. The summed E-state index contributed by atoms with van der Waals surface area (Å²) in [6.45, 7) is 0. The molecule has 0 atom stereocenters. The van der Waals surface area contributed by atoms with E-state index in [1.807, 2.05) is 0 Å². The molecular weight excluding hydrogens is 312 g/mol. The van der Waals surface area contributed by atoms with Crippen molar-refractivity contribution >= 4 is 28.2 Å². The monoisotopic (exact) mass is 330 g/mol. The van der Waals surface area contributed by atoms with Gasteiger partial charge in [-0.3, -0.25) is 9.59 Å². The molecule has 3 N–H and O–H groups in total. The van der Waals surface area contributed by atoms with Gasteiger partial charge in [-0.2, -0.15) is 0 Å². The fourth-order valence-corrected chi connectivity index (χ4v) is 4.14. The Bertz CT molecular complexity index is 767. The second-order valence-electron chi connectivity index (χ2n) is 5.47. The van der Waals surface area contributed by atoms with E-state index in [2.05, 4.69) is 5.32 Å². The summed E-state index contributed by atoms with van der Waals surface area (Å²) in [7, 11) is 1.55. The van der Waals surface area contributed by atoms with Crippen molar-refractivity contribution in [1.29, 1.82) is 0 Å². The van der Waals surface area contributed by atoms with Gasteiger partial charge in [0.05, 0.1) is 12.7 Å². The van der Waals surface area contributed by atoms with Crippen molar-refractivity contribution < 1.29 is 14.3 Å². The number of amides is 2. The zero-order valence-electron chi connectivity index (χ0n) is 12.8. The number of fused-ring (bicyclic) bond motifs is 1. The van der Waals surface area contributed by atoms with Gasteiger partial charge < -0.3 is 15.8 Å². The van der Waals surface area contributed by atoms with E-state index in [4.69, 9.17) is 10.5 Å². The number of benzene rings is 1. The average Bonchev–Trinajstić information content (AvgIpc) is 2.92. The molecule has 1 heterocycles. The number of methoxy groups -OCH3 is 1. The SMILES string of the molecule is COc1cccc(C(=O)Nc2sc3c(c2C(N)=O)CCCC3)c1. The van der Waals surface area contributed by atoms with Gasteiger partial charge in [0, 0.05) is 10.4 Å². The number of aryl methyl sites for hydroxylation is 1. The second-order valence-corrected chi connectivity index (χ2v) is 6.57. The Balaban J connectivity index is 1.91. The lowest BCUT2D eigenvalue weighted by atomic mass is 9.95. The third-order valence-electron chi connectivity index (χ3n) is 3.98. The smallest absolute Gasteiger partial charge is 0.256 e. The predicted octanol–water partition coefficient (Wildman–Crippen LogP) is 2.99. The van der Waals surface area contributed by atoms with Crippen molar-refractivity contribution in [3.8, 4) is 5.75 Å². The van der Waals surface area contributed by atoms with Gasteiger partial charge in [-0.1, -0.05) is 6.07 Å². The molecular formula is C17H18N2O3S. The number of carbonyl (C=O) groups excluding carboxylic acids is 2. The normalized spacial score (nSPS) is 13.3. The largest absolute Gasteiger partial charge is 0.497 e. The zero-order valence-corrected chi connectivity index (χ0v) is 13.7. The Morgan fingerprint density at radius 1 is 1.26 bits per heavy atom. The molecule has 0 spiro atoms. The Morgan fingerprint density at radius 3 is 2.78 bits per heavy atom. The molecule has 3 rings (SSSR count). The van der Waals surface area contributed by atoms with Gasteiger partial charge in [-0.25, -0.2) is 0 Å². The van der Waals surface area contributed by atoms with E-state index in [0.29, 0.717) is 21.9 Å². The molecule has 1 aliphatic rings. The van der Waals surface area contributed by atoms with Crippen molar-refractivity contribution in [2.45, 2.75) is 25.7 Å². The lowest BCUT2D eigenvalue weighted by Gasteiger charge is -2.11. The number of nitrogens with one attached hydrogen (secondary N) is 1. The van der Waals surface area contributed by atoms with Crippen molar-refractivity contribution in [3.63, 3.8) is 0 Å². The highest BCUT2D eigenvalue weighted by Crippen LogP contribution is 2.38. The highest BCUT2D eigenvalue weighted by Gasteiger charge is 2.25. The minimum atomic E-state index is -0.481. The molecule has 0 fully saturated rings. The molecule has 5 nitrogen and oxygen atoms in total. The van der Waals surface area contributed by atoms with Crippen LogP contribution in [0.2, 0.25) is 0 Å². The summed E-state index contributed by atoms with van der Waals surface area (Å²) in [6.07, 6.45) is 3.94. The molecule has 1 aliphatic carbocycles. The molecule has 1 aromatic carbocycles. The Labute approximate surface area is 138 Å². The average molecular weight is 330 g/mol. The lowest BCUT2D eigenvalue weighted by Crippen LogP contribution is -2.18. The Kier molecular flexibility index (Phi) is 4.34. The first kappa shape index (κ1) is 15.6. The Hall–Kier alpha value is -2.34. The van der Waals surface area contributed by atoms with Crippen LogP contribution in [0.25, 0.3) is 0 Å². The molecule has 2 amide bonds. The summed E-state index contributed by atoms with van der Waals surface area (Å²) >= 11 is 1.46. The predicted molar refractivity (Wildman–Crippen MR) is 90.4 cm³/mol. The van der Waals surface area contributed by atoms with Crippen LogP contribution in [0, 0.1) is 0 Å². The second kappa shape index (κ2) is 6.42. The summed E-state index contributed by atoms with van der Waals surface area (Å²) < 4.78 is 5.13. The molecule has 0 unspecified atom stereocenters. The van der Waals surface area contributed by atoms with Gasteiger partial charge in [-0.15, -0.1) is 11.3 Å². The summed E-state index contributed by atoms with van der Waals surface area (Å²) in [6, 6.07) is 6.89. The van der Waals surface area contributed by atoms with Crippen LogP contribution in [-0.2, 0) is 12.8 Å². The number of thiophene rings is 1. The zero-order chi connectivity index (χ0) is 16.4. The van der Waals surface area contributed by atoms with E-state index >= 15 is 0 Å². The highest BCUT2D eigenvalue weighted by molar-refractivity contribution is 7.17. The number of nitrogens with two attached hydrogens (primary N) is 1. The standard InChI is InChI=1S/C17H18N2O3S/c1-22-11-6-4-5-10(9-11)16(21)19-17-14(15(18)20)12-7-2-3-8-13(12)23-17/h4-6,9H,2-3,7-8H2,1H3,(H2,18,20)(H,19,21). The number of hydrogen-bond donors (Lipinski definition) is 2. The van der Waals surface area contributed by atoms with E-state index < -0.39 is 5.91 Å². The van der Waals surface area contributed by atoms with Crippen LogP contribution in [0.5, 0.6) is 5.75 Å². The number of carbonyl (C=O) groups is 2. The van der Waals surface area contributed by atoms with Crippen LogP contribution >= 0.6 is 11.3 Å². The van der Waals surface area contributed by atoms with Crippen molar-refractivity contribution in [3.05, 3.63) is 45.8 Å². The minimum Gasteiger partial charge on any atom is -0.497 e. The van der Waals surface area contributed by atoms with E-state index in [-0.39, 0.29) is 5.91 Å². The first-order chi connectivity index (χ1) is 11.1. The molecule has 0 aliphatic heterocycles. The molecule has 1 aromatic heterocycles. The third-order valence-corrected chi connectivity index (χ3v) is 5.18. The van der Waals surface area contributed by atoms with E-state index in [1.54, 1.807) is 31.4 Å². The number of hydrogen-bond acceptors (Lipinski definition) is 4. The maximum atomic E-state index is 12.5. The number of ether oxygens (including phenoxy) is 1. The molecule has 2 aromatic rings. The van der Waals surface area contributed by atoms with Gasteiger partial charge in [0.15, 0.2) is 0 Å². The first-order valence-corrected chi connectivity index (χ1v) is 8.31. The minimum absolute atomic E-state index is 0.273. The number of primary amides is 1. The van der Waals surface area contributed by atoms with Gasteiger partial charge in [0.2, 0.25) is 0 Å². The van der Waals surface area contributed by atoms with Gasteiger partial charge in [0.1, 0.15) is 10.8 Å².